The van der Waals surface area contributed by atoms with Gasteiger partial charge < -0.3 is 4.90 Å². The summed E-state index contributed by atoms with van der Waals surface area (Å²) in [5, 5.41) is 7.78. The van der Waals surface area contributed by atoms with E-state index >= 15 is 0 Å². The molecule has 0 radical (unpaired) electrons. The van der Waals surface area contributed by atoms with Crippen LogP contribution in [0.25, 0.3) is 0 Å². The molecule has 2 aliphatic rings. The standard InChI is InChI=1S/C10H15N3O2/c1-12-9(14)6-7(10(12)15)13-5-3-2-4-8(13)11/h7,11H,2-6H2,1H3. The predicted octanol–water partition coefficient (Wildman–Crippen LogP) is 0.207. The van der Waals surface area contributed by atoms with Crippen LogP contribution in [0, 0.1) is 5.41 Å². The molecule has 15 heavy (non-hydrogen) atoms. The topological polar surface area (TPSA) is 64.5 Å². The zero-order valence-electron chi connectivity index (χ0n) is 8.82. The third kappa shape index (κ3) is 1.62. The van der Waals surface area contributed by atoms with Gasteiger partial charge >= 0.3 is 0 Å². The minimum absolute atomic E-state index is 0.136. The van der Waals surface area contributed by atoms with Crippen molar-refractivity contribution in [1.29, 1.82) is 5.41 Å². The first kappa shape index (κ1) is 10.1. The number of carbonyl (C=O) groups is 2. The van der Waals surface area contributed by atoms with Crippen molar-refractivity contribution in [2.75, 3.05) is 13.6 Å². The second kappa shape index (κ2) is 3.64. The Morgan fingerprint density at radius 3 is 2.60 bits per heavy atom. The Kier molecular flexibility index (Phi) is 2.46. The van der Waals surface area contributed by atoms with Gasteiger partial charge in [-0.25, -0.2) is 0 Å². The largest absolute Gasteiger partial charge is 0.348 e. The van der Waals surface area contributed by atoms with E-state index in [1.807, 2.05) is 0 Å². The van der Waals surface area contributed by atoms with Crippen molar-refractivity contribution in [3.05, 3.63) is 0 Å². The molecule has 0 saturated carbocycles. The highest BCUT2D eigenvalue weighted by molar-refractivity contribution is 6.06. The highest BCUT2D eigenvalue weighted by Crippen LogP contribution is 2.22. The summed E-state index contributed by atoms with van der Waals surface area (Å²) < 4.78 is 0. The lowest BCUT2D eigenvalue weighted by molar-refractivity contribution is -0.137. The van der Waals surface area contributed by atoms with E-state index in [0.717, 1.165) is 25.8 Å². The number of nitrogens with one attached hydrogen (secondary N) is 1. The van der Waals surface area contributed by atoms with E-state index in [2.05, 4.69) is 0 Å². The number of piperidine rings is 1. The van der Waals surface area contributed by atoms with E-state index < -0.39 is 6.04 Å². The molecule has 0 spiro atoms. The maximum absolute atomic E-state index is 11.7. The van der Waals surface area contributed by atoms with Gasteiger partial charge in [0.05, 0.1) is 12.3 Å². The zero-order chi connectivity index (χ0) is 11.0. The summed E-state index contributed by atoms with van der Waals surface area (Å²) in [4.78, 5) is 26.0. The second-order valence-electron chi connectivity index (χ2n) is 4.11. The molecule has 2 aliphatic heterocycles. The van der Waals surface area contributed by atoms with Crippen LogP contribution in [0.15, 0.2) is 0 Å². The molecule has 0 aromatic rings. The maximum Gasteiger partial charge on any atom is 0.252 e. The molecule has 1 atom stereocenters. The van der Waals surface area contributed by atoms with E-state index in [1.54, 1.807) is 4.90 Å². The van der Waals surface area contributed by atoms with Crippen LogP contribution in [0.2, 0.25) is 0 Å². The number of likely N-dealkylation sites (tertiary alicyclic amines) is 2. The van der Waals surface area contributed by atoms with Gasteiger partial charge in [-0.2, -0.15) is 0 Å². The number of amidine groups is 1. The van der Waals surface area contributed by atoms with Crippen LogP contribution in [-0.2, 0) is 9.59 Å². The highest BCUT2D eigenvalue weighted by Gasteiger charge is 2.41. The average Bonchev–Trinajstić information content (AvgIpc) is 2.47. The van der Waals surface area contributed by atoms with E-state index in [9.17, 15) is 9.59 Å². The fourth-order valence-electron chi connectivity index (χ4n) is 2.18. The zero-order valence-corrected chi connectivity index (χ0v) is 8.82. The molecular weight excluding hydrogens is 194 g/mol. The van der Waals surface area contributed by atoms with Gasteiger partial charge in [0.25, 0.3) is 5.91 Å². The summed E-state index contributed by atoms with van der Waals surface area (Å²) in [5.41, 5.74) is 0. The van der Waals surface area contributed by atoms with Crippen LogP contribution in [0.3, 0.4) is 0 Å². The molecule has 82 valence electrons. The quantitative estimate of drug-likeness (QED) is 0.628. The van der Waals surface area contributed by atoms with Crippen LogP contribution >= 0.6 is 0 Å². The number of hydrogen-bond acceptors (Lipinski definition) is 3. The van der Waals surface area contributed by atoms with Crippen LogP contribution < -0.4 is 0 Å². The van der Waals surface area contributed by atoms with Gasteiger partial charge in [-0.05, 0) is 12.8 Å². The second-order valence-corrected chi connectivity index (χ2v) is 4.11. The molecule has 2 fully saturated rings. The number of likely N-dealkylation sites (N-methyl/N-ethyl adjacent to an activating group) is 1. The molecule has 0 aromatic heterocycles. The number of hydrogen-bond donors (Lipinski definition) is 1. The molecule has 2 amide bonds. The van der Waals surface area contributed by atoms with Crippen molar-refractivity contribution in [2.45, 2.75) is 31.7 Å². The summed E-state index contributed by atoms with van der Waals surface area (Å²) in [7, 11) is 1.51. The summed E-state index contributed by atoms with van der Waals surface area (Å²) in [6.45, 7) is 0.732. The highest BCUT2D eigenvalue weighted by atomic mass is 16.2. The molecule has 0 aliphatic carbocycles. The molecule has 0 aromatic carbocycles. The molecule has 5 nitrogen and oxygen atoms in total. The van der Waals surface area contributed by atoms with E-state index in [0.29, 0.717) is 5.84 Å². The minimum atomic E-state index is -0.407. The maximum atomic E-state index is 11.7. The van der Waals surface area contributed by atoms with Gasteiger partial charge in [-0.1, -0.05) is 0 Å². The van der Waals surface area contributed by atoms with Crippen molar-refractivity contribution in [3.63, 3.8) is 0 Å². The van der Waals surface area contributed by atoms with Gasteiger partial charge in [-0.3, -0.25) is 19.9 Å². The monoisotopic (exact) mass is 209 g/mol. The van der Waals surface area contributed by atoms with E-state index in [1.165, 1.54) is 11.9 Å². The fourth-order valence-corrected chi connectivity index (χ4v) is 2.18. The van der Waals surface area contributed by atoms with E-state index in [-0.39, 0.29) is 18.2 Å². The van der Waals surface area contributed by atoms with Gasteiger partial charge in [0.2, 0.25) is 5.91 Å². The molecule has 0 bridgehead atoms. The number of carbonyl (C=O) groups excluding carboxylic acids is 2. The van der Waals surface area contributed by atoms with Gasteiger partial charge in [-0.15, -0.1) is 0 Å². The third-order valence-electron chi connectivity index (χ3n) is 3.14. The Morgan fingerprint density at radius 1 is 1.33 bits per heavy atom. The van der Waals surface area contributed by atoms with Gasteiger partial charge in [0.15, 0.2) is 0 Å². The Morgan fingerprint density at radius 2 is 2.07 bits per heavy atom. The SMILES string of the molecule is CN1C(=O)CC(N2CCCCC2=N)C1=O. The van der Waals surface area contributed by atoms with Crippen molar-refractivity contribution in [3.8, 4) is 0 Å². The van der Waals surface area contributed by atoms with Crippen LogP contribution in [0.5, 0.6) is 0 Å². The number of amides is 2. The van der Waals surface area contributed by atoms with Crippen LogP contribution in [0.1, 0.15) is 25.7 Å². The summed E-state index contributed by atoms with van der Waals surface area (Å²) >= 11 is 0. The smallest absolute Gasteiger partial charge is 0.252 e. The lowest BCUT2D eigenvalue weighted by Gasteiger charge is -2.32. The number of imide groups is 1. The van der Waals surface area contributed by atoms with Crippen LogP contribution in [-0.4, -0.2) is 47.1 Å². The average molecular weight is 209 g/mol. The first-order chi connectivity index (χ1) is 7.11. The Hall–Kier alpha value is -1.39. The predicted molar refractivity (Wildman–Crippen MR) is 54.5 cm³/mol. The number of nitrogens with zero attached hydrogens (tertiary/aromatic N) is 2. The first-order valence-electron chi connectivity index (χ1n) is 5.25. The fraction of sp³-hybridized carbons (Fsp3) is 0.700. The van der Waals surface area contributed by atoms with Crippen molar-refractivity contribution >= 4 is 17.6 Å². The Bertz CT molecular complexity index is 327. The Labute approximate surface area is 88.5 Å². The summed E-state index contributed by atoms with van der Waals surface area (Å²) in [6, 6.07) is -0.407. The minimum Gasteiger partial charge on any atom is -0.348 e. The normalized spacial score (nSPS) is 27.8. The third-order valence-corrected chi connectivity index (χ3v) is 3.14. The van der Waals surface area contributed by atoms with Gasteiger partial charge in [0, 0.05) is 20.0 Å². The molecule has 2 saturated heterocycles. The molecule has 2 heterocycles. The van der Waals surface area contributed by atoms with Crippen LogP contribution in [0.4, 0.5) is 0 Å². The number of rotatable bonds is 1. The lowest BCUT2D eigenvalue weighted by atomic mass is 10.1. The molecule has 5 heteroatoms. The summed E-state index contributed by atoms with van der Waals surface area (Å²) in [6.07, 6.45) is 2.98. The summed E-state index contributed by atoms with van der Waals surface area (Å²) in [5.74, 6) is 0.206. The van der Waals surface area contributed by atoms with Crippen molar-refractivity contribution in [1.82, 2.24) is 9.80 Å². The molecular formula is C10H15N3O2. The first-order valence-corrected chi connectivity index (χ1v) is 5.25. The van der Waals surface area contributed by atoms with Gasteiger partial charge in [0.1, 0.15) is 6.04 Å². The van der Waals surface area contributed by atoms with Crippen molar-refractivity contribution in [2.24, 2.45) is 0 Å². The van der Waals surface area contributed by atoms with Crippen molar-refractivity contribution < 1.29 is 9.59 Å². The molecule has 1 N–H and O–H groups in total. The molecule has 1 unspecified atom stereocenters. The van der Waals surface area contributed by atoms with E-state index in [4.69, 9.17) is 5.41 Å². The molecule has 2 rings (SSSR count). The lowest BCUT2D eigenvalue weighted by Crippen LogP contribution is -2.46. The Balaban J connectivity index is 2.14.